The van der Waals surface area contributed by atoms with Crippen molar-refractivity contribution >= 4 is 44.7 Å². The molecule has 2 aromatic heterocycles. The standard InChI is InChI=1S/C23H14ClN3O4S/c24-14-2-7-17(8-3-14)30-18-9-4-15(5-10-18)25-23-27-26-21(32-23)19-11-13-1-6-16(28)12-20(13)31-22(19)29/h1-12,28H,(H,25,27). The number of phenolic OH excluding ortho intramolecular Hbond substituents is 1. The van der Waals surface area contributed by atoms with Gasteiger partial charge in [0.05, 0.1) is 5.56 Å². The van der Waals surface area contributed by atoms with Crippen LogP contribution in [0, 0.1) is 0 Å². The Balaban J connectivity index is 1.32. The van der Waals surface area contributed by atoms with Gasteiger partial charge in [0.25, 0.3) is 0 Å². The van der Waals surface area contributed by atoms with E-state index in [9.17, 15) is 9.90 Å². The van der Waals surface area contributed by atoms with Crippen LogP contribution < -0.4 is 15.7 Å². The summed E-state index contributed by atoms with van der Waals surface area (Å²) in [5.41, 5.74) is 0.856. The maximum Gasteiger partial charge on any atom is 0.346 e. The van der Waals surface area contributed by atoms with Crippen LogP contribution in [0.15, 0.2) is 82.0 Å². The first-order valence-corrected chi connectivity index (χ1v) is 10.6. The Hall–Kier alpha value is -3.88. The molecule has 0 unspecified atom stereocenters. The van der Waals surface area contributed by atoms with Gasteiger partial charge in [0, 0.05) is 22.2 Å². The lowest BCUT2D eigenvalue weighted by atomic mass is 10.2. The van der Waals surface area contributed by atoms with E-state index in [4.69, 9.17) is 20.8 Å². The fourth-order valence-electron chi connectivity index (χ4n) is 3.00. The predicted molar refractivity (Wildman–Crippen MR) is 124 cm³/mol. The summed E-state index contributed by atoms with van der Waals surface area (Å²) >= 11 is 7.12. The summed E-state index contributed by atoms with van der Waals surface area (Å²) in [4.78, 5) is 12.4. The number of anilines is 2. The smallest absolute Gasteiger partial charge is 0.346 e. The van der Waals surface area contributed by atoms with Crippen molar-refractivity contribution in [3.8, 4) is 27.8 Å². The highest BCUT2D eigenvalue weighted by atomic mass is 35.5. The van der Waals surface area contributed by atoms with Gasteiger partial charge in [-0.25, -0.2) is 4.79 Å². The molecule has 0 atom stereocenters. The van der Waals surface area contributed by atoms with Crippen LogP contribution >= 0.6 is 22.9 Å². The Kier molecular flexibility index (Phi) is 5.22. The quantitative estimate of drug-likeness (QED) is 0.299. The first kappa shape index (κ1) is 20.0. The summed E-state index contributed by atoms with van der Waals surface area (Å²) in [6, 6.07) is 20.7. The van der Waals surface area contributed by atoms with E-state index in [1.807, 2.05) is 24.3 Å². The second-order valence-corrected chi connectivity index (χ2v) is 8.20. The van der Waals surface area contributed by atoms with Crippen LogP contribution in [0.2, 0.25) is 5.02 Å². The largest absolute Gasteiger partial charge is 0.508 e. The van der Waals surface area contributed by atoms with Gasteiger partial charge in [0.2, 0.25) is 5.13 Å². The molecule has 5 aromatic rings. The Bertz CT molecular complexity index is 1460. The summed E-state index contributed by atoms with van der Waals surface area (Å²) in [7, 11) is 0. The Morgan fingerprint density at radius 3 is 2.41 bits per heavy atom. The van der Waals surface area contributed by atoms with E-state index in [1.54, 1.807) is 36.4 Å². The van der Waals surface area contributed by atoms with Crippen LogP contribution in [-0.4, -0.2) is 15.3 Å². The molecule has 2 N–H and O–H groups in total. The normalized spacial score (nSPS) is 10.9. The molecule has 9 heteroatoms. The molecule has 3 aromatic carbocycles. The average molecular weight is 464 g/mol. The number of aromatic hydroxyl groups is 1. The summed E-state index contributed by atoms with van der Waals surface area (Å²) in [5, 5.41) is 23.2. The molecule has 7 nitrogen and oxygen atoms in total. The van der Waals surface area contributed by atoms with Crippen molar-refractivity contribution < 1.29 is 14.3 Å². The van der Waals surface area contributed by atoms with Crippen molar-refractivity contribution in [2.75, 3.05) is 5.32 Å². The summed E-state index contributed by atoms with van der Waals surface area (Å²) in [6.45, 7) is 0. The van der Waals surface area contributed by atoms with Gasteiger partial charge in [-0.15, -0.1) is 10.2 Å². The van der Waals surface area contributed by atoms with Crippen molar-refractivity contribution in [2.45, 2.75) is 0 Å². The van der Waals surface area contributed by atoms with E-state index in [-0.39, 0.29) is 5.75 Å². The second-order valence-electron chi connectivity index (χ2n) is 6.79. The van der Waals surface area contributed by atoms with E-state index in [1.165, 1.54) is 23.5 Å². The van der Waals surface area contributed by atoms with Crippen molar-refractivity contribution in [1.82, 2.24) is 10.2 Å². The zero-order valence-corrected chi connectivity index (χ0v) is 17.9. The lowest BCUT2D eigenvalue weighted by Crippen LogP contribution is -2.02. The Morgan fingerprint density at radius 1 is 0.938 bits per heavy atom. The van der Waals surface area contributed by atoms with Crippen LogP contribution in [0.1, 0.15) is 0 Å². The highest BCUT2D eigenvalue weighted by molar-refractivity contribution is 7.18. The maximum atomic E-state index is 12.4. The third-order valence-electron chi connectivity index (χ3n) is 4.53. The minimum atomic E-state index is -0.547. The molecule has 0 radical (unpaired) electrons. The van der Waals surface area contributed by atoms with Crippen LogP contribution in [0.5, 0.6) is 17.2 Å². The number of hydrogen-bond acceptors (Lipinski definition) is 8. The van der Waals surface area contributed by atoms with Gasteiger partial charge >= 0.3 is 5.63 Å². The van der Waals surface area contributed by atoms with E-state index in [0.29, 0.717) is 43.2 Å². The number of nitrogens with one attached hydrogen (secondary N) is 1. The minimum Gasteiger partial charge on any atom is -0.508 e. The molecular formula is C23H14ClN3O4S. The average Bonchev–Trinajstić information content (AvgIpc) is 3.24. The SMILES string of the molecule is O=c1oc2cc(O)ccc2cc1-c1nnc(Nc2ccc(Oc3ccc(Cl)cc3)cc2)s1. The van der Waals surface area contributed by atoms with Crippen molar-refractivity contribution in [3.05, 3.63) is 88.2 Å². The van der Waals surface area contributed by atoms with Crippen molar-refractivity contribution in [3.63, 3.8) is 0 Å². The minimum absolute atomic E-state index is 0.0281. The lowest BCUT2D eigenvalue weighted by Gasteiger charge is -2.07. The molecular weight excluding hydrogens is 450 g/mol. The zero-order valence-electron chi connectivity index (χ0n) is 16.3. The number of ether oxygens (including phenoxy) is 1. The molecule has 2 heterocycles. The van der Waals surface area contributed by atoms with Crippen LogP contribution in [0.25, 0.3) is 21.5 Å². The van der Waals surface area contributed by atoms with E-state index in [0.717, 1.165) is 5.69 Å². The molecule has 0 amide bonds. The number of benzene rings is 3. The number of fused-ring (bicyclic) bond motifs is 1. The second kappa shape index (κ2) is 8.33. The molecule has 0 aliphatic rings. The molecule has 5 rings (SSSR count). The third kappa shape index (κ3) is 4.27. The molecule has 0 bridgehead atoms. The van der Waals surface area contributed by atoms with Crippen molar-refractivity contribution in [1.29, 1.82) is 0 Å². The fourth-order valence-corrected chi connectivity index (χ4v) is 3.89. The number of hydrogen-bond donors (Lipinski definition) is 2. The predicted octanol–water partition coefficient (Wildman–Crippen LogP) is 6.21. The molecule has 0 aliphatic heterocycles. The van der Waals surface area contributed by atoms with Gasteiger partial charge in [-0.2, -0.15) is 0 Å². The van der Waals surface area contributed by atoms with Gasteiger partial charge < -0.3 is 19.6 Å². The maximum absolute atomic E-state index is 12.4. The van der Waals surface area contributed by atoms with E-state index >= 15 is 0 Å². The first-order chi connectivity index (χ1) is 15.5. The lowest BCUT2D eigenvalue weighted by molar-refractivity contribution is 0.473. The fraction of sp³-hybridized carbons (Fsp3) is 0. The van der Waals surface area contributed by atoms with E-state index in [2.05, 4.69) is 15.5 Å². The van der Waals surface area contributed by atoms with Gasteiger partial charge in [0.15, 0.2) is 5.01 Å². The number of aromatic nitrogens is 2. The highest BCUT2D eigenvalue weighted by Gasteiger charge is 2.14. The van der Waals surface area contributed by atoms with Crippen LogP contribution in [0.4, 0.5) is 10.8 Å². The van der Waals surface area contributed by atoms with E-state index < -0.39 is 5.63 Å². The van der Waals surface area contributed by atoms with Gasteiger partial charge in [-0.1, -0.05) is 22.9 Å². The first-order valence-electron chi connectivity index (χ1n) is 9.45. The number of halogens is 1. The van der Waals surface area contributed by atoms with Gasteiger partial charge in [0.1, 0.15) is 22.8 Å². The Morgan fingerprint density at radius 2 is 1.66 bits per heavy atom. The topological polar surface area (TPSA) is 97.5 Å². The molecule has 32 heavy (non-hydrogen) atoms. The molecule has 0 saturated carbocycles. The zero-order chi connectivity index (χ0) is 22.1. The van der Waals surface area contributed by atoms with Crippen LogP contribution in [0.3, 0.4) is 0 Å². The highest BCUT2D eigenvalue weighted by Crippen LogP contribution is 2.30. The van der Waals surface area contributed by atoms with Gasteiger partial charge in [-0.05, 0) is 66.7 Å². The monoisotopic (exact) mass is 463 g/mol. The van der Waals surface area contributed by atoms with Crippen molar-refractivity contribution in [2.24, 2.45) is 0 Å². The van der Waals surface area contributed by atoms with Crippen LogP contribution in [-0.2, 0) is 0 Å². The summed E-state index contributed by atoms with van der Waals surface area (Å²) in [5.74, 6) is 1.39. The molecule has 158 valence electrons. The molecule has 0 spiro atoms. The molecule has 0 saturated heterocycles. The summed E-state index contributed by atoms with van der Waals surface area (Å²) in [6.07, 6.45) is 0. The molecule has 0 fully saturated rings. The molecule has 0 aliphatic carbocycles. The summed E-state index contributed by atoms with van der Waals surface area (Å²) < 4.78 is 11.1. The number of rotatable bonds is 5. The number of phenols is 1. The number of nitrogens with zero attached hydrogens (tertiary/aromatic N) is 2. The van der Waals surface area contributed by atoms with Gasteiger partial charge in [-0.3, -0.25) is 0 Å². The third-order valence-corrected chi connectivity index (χ3v) is 5.65. The Labute approximate surface area is 190 Å².